The summed E-state index contributed by atoms with van der Waals surface area (Å²) in [5.74, 6) is -3.65. The molecule has 2 atom stereocenters. The second kappa shape index (κ2) is 10.2. The second-order valence-electron chi connectivity index (χ2n) is 7.19. The molecule has 0 bridgehead atoms. The Morgan fingerprint density at radius 1 is 0.879 bits per heavy atom. The van der Waals surface area contributed by atoms with Gasteiger partial charge in [0.25, 0.3) is 0 Å². The lowest BCUT2D eigenvalue weighted by Crippen LogP contribution is -2.25. The molecule has 4 rings (SSSR count). The largest absolute Gasteiger partial charge is 0.490 e. The lowest BCUT2D eigenvalue weighted by molar-refractivity contribution is -0.192. The van der Waals surface area contributed by atoms with E-state index in [1.54, 1.807) is 6.07 Å². The molecule has 1 heterocycles. The van der Waals surface area contributed by atoms with Crippen LogP contribution in [0.5, 0.6) is 0 Å². The molecule has 0 radical (unpaired) electrons. The van der Waals surface area contributed by atoms with E-state index in [-0.39, 0.29) is 12.1 Å². The van der Waals surface area contributed by atoms with Crippen molar-refractivity contribution in [1.82, 2.24) is 5.32 Å². The first-order valence-electron chi connectivity index (χ1n) is 9.82. The SMILES string of the molecule is Fc1ccc(CC2=N[C@H](c3ccccc3)[C@H](c3ccccc3)N2)cc1F.O=C(O)C(F)(F)F. The van der Waals surface area contributed by atoms with Gasteiger partial charge in [0.15, 0.2) is 11.6 Å². The van der Waals surface area contributed by atoms with Crippen LogP contribution in [-0.2, 0) is 11.2 Å². The van der Waals surface area contributed by atoms with Crippen LogP contribution in [0.3, 0.4) is 0 Å². The van der Waals surface area contributed by atoms with Crippen LogP contribution in [0.15, 0.2) is 83.9 Å². The fourth-order valence-electron chi connectivity index (χ4n) is 3.32. The van der Waals surface area contributed by atoms with Crippen molar-refractivity contribution in [3.8, 4) is 0 Å². The standard InChI is InChI=1S/C22H18F2N2.C2HF3O2/c23-18-12-11-15(13-19(18)24)14-20-25-21(16-7-3-1-4-8-16)22(26-20)17-9-5-2-6-10-17;3-2(4,5)1(6)7/h1-13,21-22H,14H2,(H,25,26);(H,6,7)/t21-,22+;. The Kier molecular flexibility index (Phi) is 7.42. The van der Waals surface area contributed by atoms with Gasteiger partial charge in [-0.15, -0.1) is 0 Å². The summed E-state index contributed by atoms with van der Waals surface area (Å²) in [5, 5.41) is 10.6. The highest BCUT2D eigenvalue weighted by molar-refractivity contribution is 5.87. The number of carboxylic acid groups (broad SMARTS) is 1. The summed E-state index contributed by atoms with van der Waals surface area (Å²) in [6.45, 7) is 0. The molecular formula is C24H19F5N2O2. The van der Waals surface area contributed by atoms with E-state index < -0.39 is 23.8 Å². The van der Waals surface area contributed by atoms with E-state index in [9.17, 15) is 22.0 Å². The number of alkyl halides is 3. The minimum absolute atomic E-state index is 0.0129. The molecule has 1 aliphatic heterocycles. The van der Waals surface area contributed by atoms with Crippen molar-refractivity contribution < 1.29 is 31.9 Å². The number of benzene rings is 3. The molecule has 2 N–H and O–H groups in total. The summed E-state index contributed by atoms with van der Waals surface area (Å²) < 4.78 is 58.4. The van der Waals surface area contributed by atoms with Gasteiger partial charge in [0, 0.05) is 6.42 Å². The van der Waals surface area contributed by atoms with Gasteiger partial charge in [-0.25, -0.2) is 13.6 Å². The number of amidine groups is 1. The van der Waals surface area contributed by atoms with Gasteiger partial charge < -0.3 is 10.4 Å². The lowest BCUT2D eigenvalue weighted by Gasteiger charge is -2.19. The third-order valence-corrected chi connectivity index (χ3v) is 4.83. The van der Waals surface area contributed by atoms with Crippen molar-refractivity contribution in [2.45, 2.75) is 24.7 Å². The number of hydrogen-bond donors (Lipinski definition) is 2. The summed E-state index contributed by atoms with van der Waals surface area (Å²) in [6, 6.07) is 24.2. The van der Waals surface area contributed by atoms with Gasteiger partial charge in [-0.1, -0.05) is 66.7 Å². The Morgan fingerprint density at radius 2 is 1.42 bits per heavy atom. The molecule has 0 saturated carbocycles. The van der Waals surface area contributed by atoms with Crippen LogP contribution in [0.4, 0.5) is 22.0 Å². The molecule has 0 unspecified atom stereocenters. The van der Waals surface area contributed by atoms with Crippen molar-refractivity contribution in [1.29, 1.82) is 0 Å². The number of hydrogen-bond acceptors (Lipinski definition) is 3. The van der Waals surface area contributed by atoms with Gasteiger partial charge in [0.05, 0.1) is 6.04 Å². The third-order valence-electron chi connectivity index (χ3n) is 4.83. The molecule has 0 aliphatic carbocycles. The predicted octanol–water partition coefficient (Wildman–Crippen LogP) is 5.62. The van der Waals surface area contributed by atoms with E-state index in [0.29, 0.717) is 12.0 Å². The molecule has 3 aromatic rings. The minimum Gasteiger partial charge on any atom is -0.475 e. The summed E-state index contributed by atoms with van der Waals surface area (Å²) >= 11 is 0. The molecule has 0 aromatic heterocycles. The Hall–Kier alpha value is -3.75. The first kappa shape index (κ1) is 23.9. The van der Waals surface area contributed by atoms with Gasteiger partial charge in [0.1, 0.15) is 11.9 Å². The van der Waals surface area contributed by atoms with Gasteiger partial charge in [-0.3, -0.25) is 4.99 Å². The fourth-order valence-corrected chi connectivity index (χ4v) is 3.32. The van der Waals surface area contributed by atoms with Gasteiger partial charge in [-0.2, -0.15) is 13.2 Å². The van der Waals surface area contributed by atoms with E-state index in [0.717, 1.165) is 23.0 Å². The molecule has 0 spiro atoms. The Balaban J connectivity index is 0.000000383. The predicted molar refractivity (Wildman–Crippen MR) is 113 cm³/mol. The average molecular weight is 462 g/mol. The third kappa shape index (κ3) is 6.38. The lowest BCUT2D eigenvalue weighted by atomic mass is 9.95. The van der Waals surface area contributed by atoms with E-state index in [2.05, 4.69) is 29.6 Å². The zero-order chi connectivity index (χ0) is 24.0. The van der Waals surface area contributed by atoms with Crippen LogP contribution >= 0.6 is 0 Å². The smallest absolute Gasteiger partial charge is 0.475 e. The number of halogens is 5. The quantitative estimate of drug-likeness (QED) is 0.495. The summed E-state index contributed by atoms with van der Waals surface area (Å²) in [4.78, 5) is 13.7. The van der Waals surface area contributed by atoms with Crippen molar-refractivity contribution in [2.75, 3.05) is 0 Å². The molecule has 4 nitrogen and oxygen atoms in total. The highest BCUT2D eigenvalue weighted by Gasteiger charge is 2.38. The number of nitrogens with zero attached hydrogens (tertiary/aromatic N) is 1. The molecular weight excluding hydrogens is 443 g/mol. The van der Waals surface area contributed by atoms with E-state index >= 15 is 0 Å². The van der Waals surface area contributed by atoms with Crippen LogP contribution < -0.4 is 5.32 Å². The topological polar surface area (TPSA) is 61.7 Å². The fraction of sp³-hybridized carbons (Fsp3) is 0.167. The first-order chi connectivity index (χ1) is 15.6. The van der Waals surface area contributed by atoms with Gasteiger partial charge in [-0.05, 0) is 28.8 Å². The molecule has 0 fully saturated rings. The van der Waals surface area contributed by atoms with Crippen LogP contribution in [0.25, 0.3) is 0 Å². The second-order valence-corrected chi connectivity index (χ2v) is 7.19. The summed E-state index contributed by atoms with van der Waals surface area (Å²) in [7, 11) is 0. The molecule has 3 aromatic carbocycles. The summed E-state index contributed by atoms with van der Waals surface area (Å²) in [6.07, 6.45) is -4.65. The monoisotopic (exact) mass is 462 g/mol. The number of carboxylic acids is 1. The average Bonchev–Trinajstić information content (AvgIpc) is 3.21. The van der Waals surface area contributed by atoms with Gasteiger partial charge >= 0.3 is 12.1 Å². The zero-order valence-electron chi connectivity index (χ0n) is 17.1. The van der Waals surface area contributed by atoms with Crippen molar-refractivity contribution in [3.63, 3.8) is 0 Å². The highest BCUT2D eigenvalue weighted by Crippen LogP contribution is 2.36. The number of aliphatic carboxylic acids is 1. The van der Waals surface area contributed by atoms with Crippen LogP contribution in [0, 0.1) is 11.6 Å². The molecule has 33 heavy (non-hydrogen) atoms. The van der Waals surface area contributed by atoms with Crippen LogP contribution in [-0.4, -0.2) is 23.1 Å². The molecule has 172 valence electrons. The van der Waals surface area contributed by atoms with Gasteiger partial charge in [0.2, 0.25) is 0 Å². The van der Waals surface area contributed by atoms with Crippen LogP contribution in [0.2, 0.25) is 0 Å². The Labute approximate surface area is 186 Å². The molecule has 1 aliphatic rings. The Morgan fingerprint density at radius 3 is 1.94 bits per heavy atom. The van der Waals surface area contributed by atoms with E-state index in [1.807, 2.05) is 36.4 Å². The first-order valence-corrected chi connectivity index (χ1v) is 9.82. The minimum atomic E-state index is -5.08. The van der Waals surface area contributed by atoms with E-state index in [1.165, 1.54) is 6.07 Å². The van der Waals surface area contributed by atoms with Crippen LogP contribution in [0.1, 0.15) is 28.8 Å². The number of nitrogens with one attached hydrogen (secondary N) is 1. The molecule has 0 amide bonds. The summed E-state index contributed by atoms with van der Waals surface area (Å²) in [5.41, 5.74) is 2.95. The number of rotatable bonds is 4. The highest BCUT2D eigenvalue weighted by atomic mass is 19.4. The zero-order valence-corrected chi connectivity index (χ0v) is 17.1. The van der Waals surface area contributed by atoms with Crippen molar-refractivity contribution >= 4 is 11.8 Å². The number of aliphatic imine (C=N–C) groups is 1. The molecule has 9 heteroatoms. The maximum Gasteiger partial charge on any atom is 0.490 e. The normalized spacial score (nSPS) is 17.4. The van der Waals surface area contributed by atoms with Crippen molar-refractivity contribution in [3.05, 3.63) is 107 Å². The van der Waals surface area contributed by atoms with E-state index in [4.69, 9.17) is 14.9 Å². The molecule has 0 saturated heterocycles. The van der Waals surface area contributed by atoms with Crippen molar-refractivity contribution in [2.24, 2.45) is 4.99 Å². The number of carbonyl (C=O) groups is 1. The Bertz CT molecular complexity index is 1120. The maximum atomic E-state index is 13.5. The maximum absolute atomic E-state index is 13.5.